The zero-order valence-electron chi connectivity index (χ0n) is 11.9. The molecule has 1 rings (SSSR count). The summed E-state index contributed by atoms with van der Waals surface area (Å²) >= 11 is 0. The van der Waals surface area contributed by atoms with Crippen LogP contribution in [0, 0.1) is 24.2 Å². The topological polar surface area (TPSA) is 62.1 Å². The van der Waals surface area contributed by atoms with Crippen molar-refractivity contribution >= 4 is 5.97 Å². The number of benzene rings is 1. The van der Waals surface area contributed by atoms with Gasteiger partial charge in [0.2, 0.25) is 0 Å². The van der Waals surface area contributed by atoms with Gasteiger partial charge in [-0.2, -0.15) is 5.26 Å². The first-order chi connectivity index (χ1) is 8.99. The van der Waals surface area contributed by atoms with Crippen LogP contribution in [-0.4, -0.2) is 19.1 Å². The first-order valence-corrected chi connectivity index (χ1v) is 6.30. The smallest absolute Gasteiger partial charge is 0.323 e. The summed E-state index contributed by atoms with van der Waals surface area (Å²) < 4.78 is 4.78. The molecule has 0 aliphatic heterocycles. The van der Waals surface area contributed by atoms with E-state index in [1.54, 1.807) is 6.07 Å². The Morgan fingerprint density at radius 3 is 2.63 bits per heavy atom. The predicted octanol–water partition coefficient (Wildman–Crippen LogP) is 2.15. The summed E-state index contributed by atoms with van der Waals surface area (Å²) in [5.74, 6) is -0.0903. The Hall–Kier alpha value is -1.86. The number of methoxy groups -OCH3 is 1. The lowest BCUT2D eigenvalue weighted by atomic mass is 10.0. The van der Waals surface area contributed by atoms with Crippen molar-refractivity contribution in [3.8, 4) is 6.07 Å². The lowest BCUT2D eigenvalue weighted by Crippen LogP contribution is -2.41. The summed E-state index contributed by atoms with van der Waals surface area (Å²) in [7, 11) is 1.40. The molecule has 19 heavy (non-hydrogen) atoms. The molecule has 1 aromatic rings. The monoisotopic (exact) mass is 260 g/mol. The molecule has 0 amide bonds. The van der Waals surface area contributed by atoms with E-state index >= 15 is 0 Å². The number of hydrogen-bond acceptors (Lipinski definition) is 4. The lowest BCUT2D eigenvalue weighted by Gasteiger charge is -2.20. The SMILES string of the molecule is COC(=O)C(NCc1ccc(C#N)cc1C)C(C)C. The molecule has 0 aliphatic carbocycles. The number of carbonyl (C=O) groups excluding carboxylic acids is 1. The minimum atomic E-state index is -0.319. The highest BCUT2D eigenvalue weighted by atomic mass is 16.5. The van der Waals surface area contributed by atoms with Crippen LogP contribution in [0.1, 0.15) is 30.5 Å². The molecule has 0 saturated carbocycles. The van der Waals surface area contributed by atoms with Crippen LogP contribution < -0.4 is 5.32 Å². The summed E-state index contributed by atoms with van der Waals surface area (Å²) in [5, 5.41) is 12.0. The number of esters is 1. The zero-order chi connectivity index (χ0) is 14.4. The third-order valence-corrected chi connectivity index (χ3v) is 3.11. The van der Waals surface area contributed by atoms with Crippen molar-refractivity contribution < 1.29 is 9.53 Å². The summed E-state index contributed by atoms with van der Waals surface area (Å²) in [6.07, 6.45) is 0. The Bertz CT molecular complexity index is 489. The quantitative estimate of drug-likeness (QED) is 0.824. The number of aryl methyl sites for hydroxylation is 1. The number of nitrogens with zero attached hydrogens (tertiary/aromatic N) is 1. The van der Waals surface area contributed by atoms with Gasteiger partial charge in [0.05, 0.1) is 18.7 Å². The molecular formula is C15H20N2O2. The number of rotatable bonds is 5. The first-order valence-electron chi connectivity index (χ1n) is 6.30. The molecule has 102 valence electrons. The normalized spacial score (nSPS) is 12.0. The van der Waals surface area contributed by atoms with E-state index in [0.717, 1.165) is 11.1 Å². The molecule has 1 atom stereocenters. The highest BCUT2D eigenvalue weighted by Gasteiger charge is 2.22. The summed E-state index contributed by atoms with van der Waals surface area (Å²) in [6, 6.07) is 7.33. The third-order valence-electron chi connectivity index (χ3n) is 3.11. The van der Waals surface area contributed by atoms with Crippen molar-refractivity contribution in [3.05, 3.63) is 34.9 Å². The minimum Gasteiger partial charge on any atom is -0.468 e. The number of nitriles is 1. The van der Waals surface area contributed by atoms with Gasteiger partial charge in [-0.25, -0.2) is 0 Å². The van der Waals surface area contributed by atoms with E-state index in [1.807, 2.05) is 32.9 Å². The number of carbonyl (C=O) groups is 1. The Morgan fingerprint density at radius 2 is 2.16 bits per heavy atom. The first kappa shape index (κ1) is 15.2. The van der Waals surface area contributed by atoms with E-state index in [0.29, 0.717) is 12.1 Å². The number of ether oxygens (including phenoxy) is 1. The average molecular weight is 260 g/mol. The largest absolute Gasteiger partial charge is 0.468 e. The van der Waals surface area contributed by atoms with Gasteiger partial charge in [-0.05, 0) is 36.1 Å². The Balaban J connectivity index is 2.75. The maximum atomic E-state index is 11.6. The Kier molecular flexibility index (Phi) is 5.53. The number of hydrogen-bond donors (Lipinski definition) is 1. The molecule has 4 heteroatoms. The van der Waals surface area contributed by atoms with Crippen LogP contribution in [0.25, 0.3) is 0 Å². The molecule has 0 fully saturated rings. The second kappa shape index (κ2) is 6.91. The average Bonchev–Trinajstić information content (AvgIpc) is 2.39. The predicted molar refractivity (Wildman–Crippen MR) is 73.4 cm³/mol. The molecule has 1 aromatic carbocycles. The highest BCUT2D eigenvalue weighted by molar-refractivity contribution is 5.75. The Labute approximate surface area is 114 Å². The van der Waals surface area contributed by atoms with Gasteiger partial charge >= 0.3 is 5.97 Å². The summed E-state index contributed by atoms with van der Waals surface area (Å²) in [4.78, 5) is 11.6. The zero-order valence-corrected chi connectivity index (χ0v) is 11.9. The molecule has 0 saturated heterocycles. The van der Waals surface area contributed by atoms with Crippen LogP contribution in [0.15, 0.2) is 18.2 Å². The van der Waals surface area contributed by atoms with Gasteiger partial charge < -0.3 is 10.1 Å². The van der Waals surface area contributed by atoms with Crippen LogP contribution in [-0.2, 0) is 16.1 Å². The van der Waals surface area contributed by atoms with E-state index in [1.165, 1.54) is 7.11 Å². The van der Waals surface area contributed by atoms with Gasteiger partial charge in [0, 0.05) is 6.54 Å². The van der Waals surface area contributed by atoms with Gasteiger partial charge in [-0.15, -0.1) is 0 Å². The fraction of sp³-hybridized carbons (Fsp3) is 0.467. The standard InChI is InChI=1S/C15H20N2O2/c1-10(2)14(15(18)19-4)17-9-13-6-5-12(8-16)7-11(13)3/h5-7,10,14,17H,9H2,1-4H3. The van der Waals surface area contributed by atoms with Gasteiger partial charge in [0.15, 0.2) is 0 Å². The van der Waals surface area contributed by atoms with Crippen molar-refractivity contribution in [1.29, 1.82) is 5.26 Å². The maximum Gasteiger partial charge on any atom is 0.323 e. The van der Waals surface area contributed by atoms with Gasteiger partial charge in [0.25, 0.3) is 0 Å². The molecule has 4 nitrogen and oxygen atoms in total. The Morgan fingerprint density at radius 1 is 1.47 bits per heavy atom. The van der Waals surface area contributed by atoms with E-state index < -0.39 is 0 Å². The number of nitrogens with one attached hydrogen (secondary N) is 1. The molecule has 0 aromatic heterocycles. The molecular weight excluding hydrogens is 240 g/mol. The van der Waals surface area contributed by atoms with Crippen LogP contribution in [0.2, 0.25) is 0 Å². The molecule has 0 bridgehead atoms. The van der Waals surface area contributed by atoms with Crippen molar-refractivity contribution in [3.63, 3.8) is 0 Å². The molecule has 0 radical (unpaired) electrons. The van der Waals surface area contributed by atoms with Crippen molar-refractivity contribution in [2.45, 2.75) is 33.4 Å². The fourth-order valence-electron chi connectivity index (χ4n) is 1.90. The van der Waals surface area contributed by atoms with E-state index in [4.69, 9.17) is 10.00 Å². The van der Waals surface area contributed by atoms with E-state index in [9.17, 15) is 4.79 Å². The van der Waals surface area contributed by atoms with E-state index in [-0.39, 0.29) is 17.9 Å². The third kappa shape index (κ3) is 4.08. The van der Waals surface area contributed by atoms with Crippen molar-refractivity contribution in [2.24, 2.45) is 5.92 Å². The van der Waals surface area contributed by atoms with Crippen LogP contribution in [0.3, 0.4) is 0 Å². The molecule has 1 N–H and O–H groups in total. The summed E-state index contributed by atoms with van der Waals surface area (Å²) in [5.41, 5.74) is 2.77. The molecule has 1 unspecified atom stereocenters. The van der Waals surface area contributed by atoms with Gasteiger partial charge in [-0.3, -0.25) is 4.79 Å². The fourth-order valence-corrected chi connectivity index (χ4v) is 1.90. The second-order valence-electron chi connectivity index (χ2n) is 4.88. The van der Waals surface area contributed by atoms with Crippen LogP contribution >= 0.6 is 0 Å². The van der Waals surface area contributed by atoms with Gasteiger partial charge in [-0.1, -0.05) is 19.9 Å². The van der Waals surface area contributed by atoms with Gasteiger partial charge in [0.1, 0.15) is 6.04 Å². The second-order valence-corrected chi connectivity index (χ2v) is 4.88. The van der Waals surface area contributed by atoms with E-state index in [2.05, 4.69) is 11.4 Å². The lowest BCUT2D eigenvalue weighted by molar-refractivity contribution is -0.144. The molecule has 0 aliphatic rings. The minimum absolute atomic E-state index is 0.158. The van der Waals surface area contributed by atoms with Crippen molar-refractivity contribution in [1.82, 2.24) is 5.32 Å². The maximum absolute atomic E-state index is 11.6. The molecule has 0 heterocycles. The van der Waals surface area contributed by atoms with Crippen LogP contribution in [0.4, 0.5) is 0 Å². The van der Waals surface area contributed by atoms with Crippen LogP contribution in [0.5, 0.6) is 0 Å². The summed E-state index contributed by atoms with van der Waals surface area (Å²) in [6.45, 7) is 6.48. The highest BCUT2D eigenvalue weighted by Crippen LogP contribution is 2.12. The molecule has 0 spiro atoms. The van der Waals surface area contributed by atoms with Crippen molar-refractivity contribution in [2.75, 3.05) is 7.11 Å².